The van der Waals surface area contributed by atoms with Crippen LogP contribution in [0.4, 0.5) is 16.3 Å². The van der Waals surface area contributed by atoms with E-state index in [0.29, 0.717) is 28.7 Å². The predicted octanol–water partition coefficient (Wildman–Crippen LogP) is 3.91. The van der Waals surface area contributed by atoms with Gasteiger partial charge >= 0.3 is 6.03 Å². The van der Waals surface area contributed by atoms with Gasteiger partial charge in [-0.3, -0.25) is 5.32 Å². The molecule has 3 rings (SSSR count). The summed E-state index contributed by atoms with van der Waals surface area (Å²) in [5.74, 6) is 1.68. The van der Waals surface area contributed by atoms with Crippen LogP contribution in [0.15, 0.2) is 36.4 Å². The first kappa shape index (κ1) is 20.8. The minimum absolute atomic E-state index is 0.165. The second-order valence-electron chi connectivity index (χ2n) is 7.78. The van der Waals surface area contributed by atoms with E-state index in [2.05, 4.69) is 27.9 Å². The molecule has 7 heteroatoms. The minimum atomic E-state index is -0.391. The molecule has 7 nitrogen and oxygen atoms in total. The minimum Gasteiger partial charge on any atom is -0.390 e. The second kappa shape index (κ2) is 9.52. The van der Waals surface area contributed by atoms with Crippen LogP contribution in [0.2, 0.25) is 0 Å². The molecule has 1 aromatic heterocycles. The third kappa shape index (κ3) is 5.32. The van der Waals surface area contributed by atoms with Gasteiger partial charge in [-0.2, -0.15) is 0 Å². The number of aromatic nitrogens is 1. The van der Waals surface area contributed by atoms with Crippen LogP contribution in [0.5, 0.6) is 0 Å². The molecule has 0 saturated heterocycles. The molecule has 0 aliphatic heterocycles. The summed E-state index contributed by atoms with van der Waals surface area (Å²) in [6.45, 7) is 4.66. The monoisotopic (exact) mass is 395 g/mol. The van der Waals surface area contributed by atoms with Gasteiger partial charge in [0.25, 0.3) is 0 Å². The van der Waals surface area contributed by atoms with E-state index < -0.39 is 6.03 Å². The third-order valence-corrected chi connectivity index (χ3v) is 5.36. The molecule has 1 aliphatic rings. The molecule has 2 aromatic rings. The number of nitrogens with one attached hydrogen (secondary N) is 4. The van der Waals surface area contributed by atoms with Gasteiger partial charge in [0.2, 0.25) is 0 Å². The summed E-state index contributed by atoms with van der Waals surface area (Å²) >= 11 is 0. The fraction of sp³-hybridized carbons (Fsp3) is 0.409. The number of hydrogen-bond donors (Lipinski definition) is 5. The van der Waals surface area contributed by atoms with Crippen LogP contribution < -0.4 is 16.0 Å². The zero-order valence-corrected chi connectivity index (χ0v) is 16.9. The number of anilines is 2. The molecule has 0 radical (unpaired) electrons. The number of carbonyl (C=O) groups excluding carboxylic acids is 1. The molecule has 1 atom stereocenters. The van der Waals surface area contributed by atoms with Gasteiger partial charge < -0.3 is 21.1 Å². The highest BCUT2D eigenvalue weighted by molar-refractivity contribution is 5.92. The molecule has 154 valence electrons. The van der Waals surface area contributed by atoms with Crippen LogP contribution in [0, 0.1) is 17.2 Å². The summed E-state index contributed by atoms with van der Waals surface area (Å²) in [4.78, 5) is 16.7. The quantitative estimate of drug-likeness (QED) is 0.436. The van der Waals surface area contributed by atoms with Crippen molar-refractivity contribution in [3.05, 3.63) is 53.2 Å². The number of rotatable bonds is 8. The standard InChI is InChI=1S/C22H29N5O2/c1-14-8-16(9-14)12-24-21-18(11-23)10-20(26-19(21)13-28)27-22(29)25-15(2)17-6-4-3-5-7-17/h3-7,10-11,14-16,23-24,28H,8-9,12-13H2,1-2H3,(H2,25,26,27,29)/t14?,15-,16?/m1/s1. The number of aliphatic hydroxyl groups excluding tert-OH is 1. The van der Waals surface area contributed by atoms with Gasteiger partial charge in [-0.1, -0.05) is 37.3 Å². The van der Waals surface area contributed by atoms with Crippen molar-refractivity contribution in [2.75, 3.05) is 17.2 Å². The van der Waals surface area contributed by atoms with Gasteiger partial charge in [0, 0.05) is 18.3 Å². The van der Waals surface area contributed by atoms with Crippen molar-refractivity contribution in [3.8, 4) is 0 Å². The number of aliphatic hydroxyl groups is 1. The first-order chi connectivity index (χ1) is 14.0. The van der Waals surface area contributed by atoms with E-state index in [1.165, 1.54) is 19.1 Å². The van der Waals surface area contributed by atoms with Crippen LogP contribution in [0.25, 0.3) is 0 Å². The number of pyridine rings is 1. The van der Waals surface area contributed by atoms with Crippen molar-refractivity contribution in [2.45, 2.75) is 39.3 Å². The van der Waals surface area contributed by atoms with Gasteiger partial charge in [-0.05, 0) is 43.2 Å². The Bertz CT molecular complexity index is 850. The largest absolute Gasteiger partial charge is 0.390 e. The van der Waals surface area contributed by atoms with E-state index in [1.807, 2.05) is 37.3 Å². The molecule has 1 heterocycles. The van der Waals surface area contributed by atoms with Crippen molar-refractivity contribution >= 4 is 23.8 Å². The Balaban J connectivity index is 1.67. The van der Waals surface area contributed by atoms with Crippen LogP contribution >= 0.6 is 0 Å². The summed E-state index contributed by atoms with van der Waals surface area (Å²) in [5, 5.41) is 26.4. The van der Waals surface area contributed by atoms with E-state index in [-0.39, 0.29) is 12.6 Å². The lowest BCUT2D eigenvalue weighted by Crippen LogP contribution is -2.31. The topological polar surface area (TPSA) is 110 Å². The number of nitrogens with zero attached hydrogens (tertiary/aromatic N) is 1. The third-order valence-electron chi connectivity index (χ3n) is 5.36. The maximum atomic E-state index is 12.4. The van der Waals surface area contributed by atoms with Gasteiger partial charge in [-0.25, -0.2) is 9.78 Å². The van der Waals surface area contributed by atoms with Crippen LogP contribution in [0.3, 0.4) is 0 Å². The Hall–Kier alpha value is -2.93. The van der Waals surface area contributed by atoms with Crippen molar-refractivity contribution in [1.82, 2.24) is 10.3 Å². The maximum absolute atomic E-state index is 12.4. The average Bonchev–Trinajstić information content (AvgIpc) is 2.70. The lowest BCUT2D eigenvalue weighted by Gasteiger charge is -2.33. The van der Waals surface area contributed by atoms with Crippen molar-refractivity contribution in [2.24, 2.45) is 11.8 Å². The van der Waals surface area contributed by atoms with Gasteiger partial charge in [0.15, 0.2) is 0 Å². The van der Waals surface area contributed by atoms with Gasteiger partial charge in [0.05, 0.1) is 24.0 Å². The Morgan fingerprint density at radius 1 is 1.34 bits per heavy atom. The molecule has 2 amide bonds. The number of urea groups is 1. The summed E-state index contributed by atoms with van der Waals surface area (Å²) in [5.41, 5.74) is 2.66. The molecule has 0 spiro atoms. The van der Waals surface area contributed by atoms with Crippen molar-refractivity contribution in [3.63, 3.8) is 0 Å². The summed E-state index contributed by atoms with van der Waals surface area (Å²) in [7, 11) is 0. The summed E-state index contributed by atoms with van der Waals surface area (Å²) in [6.07, 6.45) is 3.59. The van der Waals surface area contributed by atoms with Crippen LogP contribution in [0.1, 0.15) is 49.6 Å². The van der Waals surface area contributed by atoms with E-state index in [1.54, 1.807) is 6.07 Å². The molecule has 1 aromatic carbocycles. The predicted molar refractivity (Wildman–Crippen MR) is 115 cm³/mol. The number of amides is 2. The van der Waals surface area contributed by atoms with Gasteiger partial charge in [0.1, 0.15) is 5.82 Å². The van der Waals surface area contributed by atoms with E-state index in [9.17, 15) is 9.90 Å². The first-order valence-electron chi connectivity index (χ1n) is 10.0. The number of benzene rings is 1. The normalized spacial score (nSPS) is 19.0. The molecule has 5 N–H and O–H groups in total. The molecular formula is C22H29N5O2. The van der Waals surface area contributed by atoms with Crippen LogP contribution in [-0.2, 0) is 6.61 Å². The molecule has 0 bridgehead atoms. The maximum Gasteiger partial charge on any atom is 0.320 e. The molecule has 1 fully saturated rings. The zero-order valence-electron chi connectivity index (χ0n) is 16.9. The van der Waals surface area contributed by atoms with E-state index in [0.717, 1.165) is 18.0 Å². The van der Waals surface area contributed by atoms with Gasteiger partial charge in [-0.15, -0.1) is 0 Å². The lowest BCUT2D eigenvalue weighted by atomic mass is 9.76. The smallest absolute Gasteiger partial charge is 0.320 e. The van der Waals surface area contributed by atoms with Crippen molar-refractivity contribution in [1.29, 1.82) is 5.41 Å². The molecule has 0 unspecified atom stereocenters. The number of hydrogen-bond acceptors (Lipinski definition) is 5. The van der Waals surface area contributed by atoms with E-state index in [4.69, 9.17) is 5.41 Å². The first-order valence-corrected chi connectivity index (χ1v) is 10.0. The Morgan fingerprint density at radius 3 is 2.69 bits per heavy atom. The highest BCUT2D eigenvalue weighted by atomic mass is 16.3. The molecule has 1 saturated carbocycles. The summed E-state index contributed by atoms with van der Waals surface area (Å²) in [6, 6.07) is 10.8. The summed E-state index contributed by atoms with van der Waals surface area (Å²) < 4.78 is 0. The average molecular weight is 396 g/mol. The van der Waals surface area contributed by atoms with Crippen LogP contribution in [-0.4, -0.2) is 28.9 Å². The second-order valence-corrected chi connectivity index (χ2v) is 7.78. The number of carbonyl (C=O) groups is 1. The Labute approximate surface area is 171 Å². The van der Waals surface area contributed by atoms with Crippen molar-refractivity contribution < 1.29 is 9.90 Å². The Kier molecular flexibility index (Phi) is 6.82. The zero-order chi connectivity index (χ0) is 20.8. The molecular weight excluding hydrogens is 366 g/mol. The molecule has 1 aliphatic carbocycles. The molecule has 29 heavy (non-hydrogen) atoms. The fourth-order valence-corrected chi connectivity index (χ4v) is 3.77. The SMILES string of the molecule is CC1CC(CNc2c(C=N)cc(NC(=O)N[C@H](C)c3ccccc3)nc2CO)C1. The fourth-order valence-electron chi connectivity index (χ4n) is 3.77. The lowest BCUT2D eigenvalue weighted by molar-refractivity contribution is 0.225. The van der Waals surface area contributed by atoms with E-state index >= 15 is 0 Å². The Morgan fingerprint density at radius 2 is 2.07 bits per heavy atom. The highest BCUT2D eigenvalue weighted by Crippen LogP contribution is 2.33. The highest BCUT2D eigenvalue weighted by Gasteiger charge is 2.25.